The standard InChI is InChI=1S/C19H17N3O4/c1-3-16(24)21-12-9-14-17(15(10-12)20-11(2)23)19(26)22(18(14)25)13-7-5-4-6-8-13/h4-10H,3H2,1-2H3,(H,20,23)(H,21,24). The molecule has 1 aliphatic heterocycles. The summed E-state index contributed by atoms with van der Waals surface area (Å²) < 4.78 is 0. The molecule has 0 saturated carbocycles. The highest BCUT2D eigenvalue weighted by Gasteiger charge is 2.39. The molecule has 1 heterocycles. The quantitative estimate of drug-likeness (QED) is 0.828. The van der Waals surface area contributed by atoms with Gasteiger partial charge < -0.3 is 10.6 Å². The summed E-state index contributed by atoms with van der Waals surface area (Å²) in [5, 5.41) is 5.22. The number of nitrogens with one attached hydrogen (secondary N) is 2. The SMILES string of the molecule is CCC(=O)Nc1cc(NC(C)=O)c2c(c1)C(=O)N(c1ccccc1)C2=O. The second-order valence-corrected chi connectivity index (χ2v) is 5.81. The van der Waals surface area contributed by atoms with Gasteiger partial charge in [0, 0.05) is 19.0 Å². The summed E-state index contributed by atoms with van der Waals surface area (Å²) in [6.45, 7) is 3.00. The van der Waals surface area contributed by atoms with Crippen LogP contribution in [0.15, 0.2) is 42.5 Å². The fraction of sp³-hybridized carbons (Fsp3) is 0.158. The van der Waals surface area contributed by atoms with E-state index in [1.165, 1.54) is 19.1 Å². The summed E-state index contributed by atoms with van der Waals surface area (Å²) in [5.74, 6) is -1.65. The highest BCUT2D eigenvalue weighted by Crippen LogP contribution is 2.35. The van der Waals surface area contributed by atoms with E-state index >= 15 is 0 Å². The van der Waals surface area contributed by atoms with Crippen LogP contribution in [-0.2, 0) is 9.59 Å². The van der Waals surface area contributed by atoms with Crippen molar-refractivity contribution in [3.05, 3.63) is 53.6 Å². The zero-order chi connectivity index (χ0) is 18.8. The molecule has 0 saturated heterocycles. The van der Waals surface area contributed by atoms with E-state index in [1.54, 1.807) is 37.3 Å². The largest absolute Gasteiger partial charge is 0.326 e. The van der Waals surface area contributed by atoms with Crippen molar-refractivity contribution in [2.75, 3.05) is 15.5 Å². The Hall–Kier alpha value is -3.48. The summed E-state index contributed by atoms with van der Waals surface area (Å²) in [6.07, 6.45) is 0.259. The number of imide groups is 1. The van der Waals surface area contributed by atoms with Crippen LogP contribution in [0.25, 0.3) is 0 Å². The molecule has 132 valence electrons. The van der Waals surface area contributed by atoms with Crippen LogP contribution in [0.5, 0.6) is 0 Å². The summed E-state index contributed by atoms with van der Waals surface area (Å²) in [6, 6.07) is 11.5. The van der Waals surface area contributed by atoms with Crippen LogP contribution in [0.1, 0.15) is 41.0 Å². The molecule has 0 spiro atoms. The smallest absolute Gasteiger partial charge is 0.268 e. The van der Waals surface area contributed by atoms with Crippen molar-refractivity contribution >= 4 is 40.7 Å². The number of para-hydroxylation sites is 1. The molecular weight excluding hydrogens is 334 g/mol. The highest BCUT2D eigenvalue weighted by atomic mass is 16.2. The van der Waals surface area contributed by atoms with Gasteiger partial charge in [-0.2, -0.15) is 0 Å². The second-order valence-electron chi connectivity index (χ2n) is 5.81. The molecule has 0 aliphatic carbocycles. The Morgan fingerprint density at radius 1 is 1.00 bits per heavy atom. The van der Waals surface area contributed by atoms with E-state index in [4.69, 9.17) is 0 Å². The molecule has 0 unspecified atom stereocenters. The first-order chi connectivity index (χ1) is 12.4. The summed E-state index contributed by atoms with van der Waals surface area (Å²) >= 11 is 0. The van der Waals surface area contributed by atoms with Crippen molar-refractivity contribution in [1.82, 2.24) is 0 Å². The van der Waals surface area contributed by atoms with E-state index < -0.39 is 11.8 Å². The van der Waals surface area contributed by atoms with Crippen molar-refractivity contribution < 1.29 is 19.2 Å². The number of fused-ring (bicyclic) bond motifs is 1. The third-order valence-electron chi connectivity index (χ3n) is 3.92. The molecule has 1 aliphatic rings. The summed E-state index contributed by atoms with van der Waals surface area (Å²) in [4.78, 5) is 50.0. The molecule has 0 fully saturated rings. The molecule has 7 heteroatoms. The van der Waals surface area contributed by atoms with E-state index in [-0.39, 0.29) is 35.0 Å². The fourth-order valence-electron chi connectivity index (χ4n) is 2.79. The van der Waals surface area contributed by atoms with Crippen molar-refractivity contribution in [3.63, 3.8) is 0 Å². The second kappa shape index (κ2) is 6.79. The molecule has 0 bridgehead atoms. The minimum Gasteiger partial charge on any atom is -0.326 e. The van der Waals surface area contributed by atoms with E-state index in [1.807, 2.05) is 0 Å². The van der Waals surface area contributed by atoms with Crippen LogP contribution < -0.4 is 15.5 Å². The van der Waals surface area contributed by atoms with Crippen molar-refractivity contribution in [1.29, 1.82) is 0 Å². The molecular formula is C19H17N3O4. The van der Waals surface area contributed by atoms with Crippen LogP contribution in [-0.4, -0.2) is 23.6 Å². The minimum atomic E-state index is -0.520. The van der Waals surface area contributed by atoms with Gasteiger partial charge in [-0.05, 0) is 24.3 Å². The first-order valence-corrected chi connectivity index (χ1v) is 8.11. The fourth-order valence-corrected chi connectivity index (χ4v) is 2.79. The molecule has 2 N–H and O–H groups in total. The van der Waals surface area contributed by atoms with Gasteiger partial charge in [0.2, 0.25) is 11.8 Å². The number of nitrogens with zero attached hydrogens (tertiary/aromatic N) is 1. The molecule has 0 radical (unpaired) electrons. The number of anilines is 3. The number of amides is 4. The van der Waals surface area contributed by atoms with Crippen molar-refractivity contribution in [3.8, 4) is 0 Å². The topological polar surface area (TPSA) is 95.6 Å². The molecule has 0 atom stereocenters. The molecule has 0 aromatic heterocycles. The third kappa shape index (κ3) is 3.06. The molecule has 3 rings (SSSR count). The van der Waals surface area contributed by atoms with Gasteiger partial charge in [-0.15, -0.1) is 0 Å². The van der Waals surface area contributed by atoms with Crippen LogP contribution in [0, 0.1) is 0 Å². The average molecular weight is 351 g/mol. The normalized spacial score (nSPS) is 12.8. The zero-order valence-corrected chi connectivity index (χ0v) is 14.3. The molecule has 4 amide bonds. The van der Waals surface area contributed by atoms with Gasteiger partial charge in [-0.1, -0.05) is 25.1 Å². The molecule has 7 nitrogen and oxygen atoms in total. The van der Waals surface area contributed by atoms with Gasteiger partial charge in [0.25, 0.3) is 11.8 Å². The molecule has 2 aromatic carbocycles. The lowest BCUT2D eigenvalue weighted by atomic mass is 10.1. The number of carbonyl (C=O) groups is 4. The summed E-state index contributed by atoms with van der Waals surface area (Å²) in [5.41, 5.74) is 1.22. The number of hydrogen-bond donors (Lipinski definition) is 2. The van der Waals surface area contributed by atoms with Crippen molar-refractivity contribution in [2.45, 2.75) is 20.3 Å². The van der Waals surface area contributed by atoms with Crippen LogP contribution in [0.2, 0.25) is 0 Å². The highest BCUT2D eigenvalue weighted by molar-refractivity contribution is 6.36. The van der Waals surface area contributed by atoms with Crippen LogP contribution >= 0.6 is 0 Å². The number of hydrogen-bond acceptors (Lipinski definition) is 4. The maximum Gasteiger partial charge on any atom is 0.268 e. The van der Waals surface area contributed by atoms with Gasteiger partial charge >= 0.3 is 0 Å². The number of benzene rings is 2. The lowest BCUT2D eigenvalue weighted by Crippen LogP contribution is -2.29. The first kappa shape index (κ1) is 17.3. The summed E-state index contributed by atoms with van der Waals surface area (Å²) in [7, 11) is 0. The Kier molecular flexibility index (Phi) is 4.53. The maximum atomic E-state index is 12.9. The number of carbonyl (C=O) groups excluding carboxylic acids is 4. The zero-order valence-electron chi connectivity index (χ0n) is 14.3. The van der Waals surface area contributed by atoms with E-state index in [9.17, 15) is 19.2 Å². The minimum absolute atomic E-state index is 0.114. The Balaban J connectivity index is 2.11. The maximum absolute atomic E-state index is 12.9. The lowest BCUT2D eigenvalue weighted by Gasteiger charge is -2.13. The predicted molar refractivity (Wildman–Crippen MR) is 97.2 cm³/mol. The molecule has 2 aromatic rings. The Morgan fingerprint density at radius 2 is 1.69 bits per heavy atom. The van der Waals surface area contributed by atoms with E-state index in [0.29, 0.717) is 11.4 Å². The Labute approximate surface area is 150 Å². The van der Waals surface area contributed by atoms with E-state index in [2.05, 4.69) is 10.6 Å². The van der Waals surface area contributed by atoms with Crippen LogP contribution in [0.4, 0.5) is 17.1 Å². The first-order valence-electron chi connectivity index (χ1n) is 8.11. The van der Waals surface area contributed by atoms with Gasteiger partial charge in [-0.3, -0.25) is 19.2 Å². The van der Waals surface area contributed by atoms with Gasteiger partial charge in [-0.25, -0.2) is 4.90 Å². The lowest BCUT2D eigenvalue weighted by molar-refractivity contribution is -0.116. The Bertz CT molecular complexity index is 922. The third-order valence-corrected chi connectivity index (χ3v) is 3.92. The van der Waals surface area contributed by atoms with Gasteiger partial charge in [0.1, 0.15) is 0 Å². The van der Waals surface area contributed by atoms with Gasteiger partial charge in [0.05, 0.1) is 22.5 Å². The monoisotopic (exact) mass is 351 g/mol. The Morgan fingerprint density at radius 3 is 2.31 bits per heavy atom. The number of rotatable bonds is 4. The van der Waals surface area contributed by atoms with Gasteiger partial charge in [0.15, 0.2) is 0 Å². The average Bonchev–Trinajstić information content (AvgIpc) is 2.86. The van der Waals surface area contributed by atoms with Crippen LogP contribution in [0.3, 0.4) is 0 Å². The predicted octanol–water partition coefficient (Wildman–Crippen LogP) is 2.79. The van der Waals surface area contributed by atoms with Crippen molar-refractivity contribution in [2.24, 2.45) is 0 Å². The van der Waals surface area contributed by atoms with E-state index in [0.717, 1.165) is 4.90 Å². The molecule has 26 heavy (non-hydrogen) atoms.